The molecule has 0 unspecified atom stereocenters. The number of aromatic nitrogens is 1. The maximum atomic E-state index is 15.4. The topological polar surface area (TPSA) is 43.4 Å². The first-order valence-electron chi connectivity index (χ1n) is 13.6. The highest BCUT2D eigenvalue weighted by Crippen LogP contribution is 2.38. The lowest BCUT2D eigenvalue weighted by atomic mass is 9.86. The van der Waals surface area contributed by atoms with Crippen LogP contribution in [0.25, 0.3) is 10.8 Å². The molecule has 1 aromatic heterocycles. The molecular weight excluding hydrogens is 517 g/mol. The molecule has 2 aromatic carbocycles. The van der Waals surface area contributed by atoms with Crippen molar-refractivity contribution in [1.29, 1.82) is 0 Å². The lowest BCUT2D eigenvalue weighted by molar-refractivity contribution is 0.0835. The smallest absolute Gasteiger partial charge is 0.192 e. The second-order valence-electron chi connectivity index (χ2n) is 13.3. The quantitative estimate of drug-likeness (QED) is 0.283. The number of fused-ring (bicyclic) bond motifs is 1. The molecule has 0 atom stereocenters. The van der Waals surface area contributed by atoms with E-state index in [-0.39, 0.29) is 34.3 Å². The summed E-state index contributed by atoms with van der Waals surface area (Å²) in [5, 5.41) is 5.20. The number of benzene rings is 2. The van der Waals surface area contributed by atoms with Gasteiger partial charge in [-0.05, 0) is 59.5 Å². The number of rotatable bonds is 8. The Labute approximate surface area is 231 Å². The van der Waals surface area contributed by atoms with Gasteiger partial charge >= 0.3 is 0 Å². The molecule has 0 radical (unpaired) electrons. The fourth-order valence-electron chi connectivity index (χ4n) is 4.74. The minimum atomic E-state index is -1.99. The van der Waals surface area contributed by atoms with Gasteiger partial charge < -0.3 is 14.5 Å². The molecule has 0 bridgehead atoms. The molecule has 1 heterocycles. The molecule has 4 nitrogen and oxygen atoms in total. The van der Waals surface area contributed by atoms with Crippen LogP contribution in [-0.4, -0.2) is 25.4 Å². The molecule has 0 aliphatic heterocycles. The van der Waals surface area contributed by atoms with Gasteiger partial charge in [0.05, 0.1) is 6.61 Å². The highest BCUT2D eigenvalue weighted by atomic mass is 28.4. The van der Waals surface area contributed by atoms with Crippen LogP contribution in [0, 0.1) is 17.5 Å². The van der Waals surface area contributed by atoms with Crippen molar-refractivity contribution in [3.8, 4) is 5.75 Å². The summed E-state index contributed by atoms with van der Waals surface area (Å²) in [5.41, 5.74) is 0.821. The van der Waals surface area contributed by atoms with Gasteiger partial charge in [-0.15, -0.1) is 0 Å². The molecule has 1 aliphatic carbocycles. The lowest BCUT2D eigenvalue weighted by Crippen LogP contribution is -2.46. The molecule has 1 aliphatic rings. The summed E-state index contributed by atoms with van der Waals surface area (Å²) >= 11 is 0. The largest absolute Gasteiger partial charge is 0.490 e. The summed E-state index contributed by atoms with van der Waals surface area (Å²) in [4.78, 5) is 4.28. The molecule has 1 saturated carbocycles. The molecule has 3 aromatic rings. The molecule has 0 amide bonds. The summed E-state index contributed by atoms with van der Waals surface area (Å²) in [5.74, 6) is -1.27. The van der Waals surface area contributed by atoms with E-state index in [4.69, 9.17) is 9.16 Å². The van der Waals surface area contributed by atoms with Crippen molar-refractivity contribution < 1.29 is 22.3 Å². The van der Waals surface area contributed by atoms with Crippen LogP contribution in [0.4, 0.5) is 13.2 Å². The summed E-state index contributed by atoms with van der Waals surface area (Å²) in [6.07, 6.45) is 4.65. The maximum absolute atomic E-state index is 15.4. The van der Waals surface area contributed by atoms with E-state index in [9.17, 15) is 8.78 Å². The Bertz CT molecular complexity index is 1320. The standard InChI is InChI=1S/C31H41F3N2O2Si/c1-30(2,3)29-27(33)14-22(15-28(29)34)38-21-12-20(13-21)36-17-25-23-9-10-35-16-24(23)19(11-26(25)32)18-37-39(7,8)31(4,5)6/h9-11,14-16,20-21,36H,12-13,17-18H2,1-8H3. The van der Waals surface area contributed by atoms with E-state index < -0.39 is 25.4 Å². The third-order valence-electron chi connectivity index (χ3n) is 8.21. The minimum absolute atomic E-state index is 0.0602. The summed E-state index contributed by atoms with van der Waals surface area (Å²) in [7, 11) is -1.99. The molecule has 1 fully saturated rings. The van der Waals surface area contributed by atoms with Gasteiger partial charge in [-0.1, -0.05) is 41.5 Å². The normalized spacial score (nSPS) is 18.3. The van der Waals surface area contributed by atoms with E-state index >= 15 is 4.39 Å². The third-order valence-corrected chi connectivity index (χ3v) is 12.7. The number of ether oxygens (including phenoxy) is 1. The summed E-state index contributed by atoms with van der Waals surface area (Å²) in [6.45, 7) is 17.0. The molecule has 0 spiro atoms. The van der Waals surface area contributed by atoms with Crippen LogP contribution in [0.2, 0.25) is 18.1 Å². The second kappa shape index (κ2) is 10.9. The first kappa shape index (κ1) is 29.6. The van der Waals surface area contributed by atoms with E-state index in [1.165, 1.54) is 12.1 Å². The highest BCUT2D eigenvalue weighted by Gasteiger charge is 2.37. The van der Waals surface area contributed by atoms with Gasteiger partial charge in [0.25, 0.3) is 0 Å². The van der Waals surface area contributed by atoms with Crippen LogP contribution in [0.5, 0.6) is 5.75 Å². The van der Waals surface area contributed by atoms with Gasteiger partial charge in [0.15, 0.2) is 8.32 Å². The lowest BCUT2D eigenvalue weighted by Gasteiger charge is -2.36. The predicted octanol–water partition coefficient (Wildman–Crippen LogP) is 8.17. The average Bonchev–Trinajstić information content (AvgIpc) is 2.78. The number of nitrogens with one attached hydrogen (secondary N) is 1. The van der Waals surface area contributed by atoms with Gasteiger partial charge in [-0.25, -0.2) is 13.2 Å². The second-order valence-corrected chi connectivity index (χ2v) is 18.1. The first-order valence-corrected chi connectivity index (χ1v) is 16.5. The Hall–Kier alpha value is -2.42. The predicted molar refractivity (Wildman–Crippen MR) is 153 cm³/mol. The van der Waals surface area contributed by atoms with Crippen molar-refractivity contribution in [2.45, 2.75) is 103 Å². The Balaban J connectivity index is 1.39. The van der Waals surface area contributed by atoms with Crippen LogP contribution >= 0.6 is 0 Å². The summed E-state index contributed by atoms with van der Waals surface area (Å²) in [6, 6.07) is 6.07. The van der Waals surface area contributed by atoms with E-state index in [0.717, 1.165) is 16.3 Å². The third kappa shape index (κ3) is 6.50. The zero-order valence-electron chi connectivity index (χ0n) is 24.3. The number of hydrogen-bond donors (Lipinski definition) is 1. The van der Waals surface area contributed by atoms with Crippen molar-refractivity contribution in [1.82, 2.24) is 10.3 Å². The molecule has 0 saturated heterocycles. The monoisotopic (exact) mass is 558 g/mol. The molecule has 8 heteroatoms. The zero-order chi connectivity index (χ0) is 28.8. The van der Waals surface area contributed by atoms with Crippen molar-refractivity contribution in [3.63, 3.8) is 0 Å². The number of nitrogens with zero attached hydrogens (tertiary/aromatic N) is 1. The number of pyridine rings is 1. The molecular formula is C31H41F3N2O2Si. The molecule has 39 heavy (non-hydrogen) atoms. The van der Waals surface area contributed by atoms with E-state index in [1.807, 2.05) is 6.07 Å². The Morgan fingerprint density at radius 2 is 1.59 bits per heavy atom. The molecule has 212 valence electrons. The average molecular weight is 559 g/mol. The van der Waals surface area contributed by atoms with E-state index in [0.29, 0.717) is 31.6 Å². The Morgan fingerprint density at radius 1 is 0.949 bits per heavy atom. The van der Waals surface area contributed by atoms with Gasteiger partial charge in [0, 0.05) is 53.6 Å². The van der Waals surface area contributed by atoms with Crippen LogP contribution in [0.3, 0.4) is 0 Å². The number of hydrogen-bond acceptors (Lipinski definition) is 4. The van der Waals surface area contributed by atoms with Crippen LogP contribution < -0.4 is 10.1 Å². The minimum Gasteiger partial charge on any atom is -0.490 e. The van der Waals surface area contributed by atoms with Gasteiger partial charge in [-0.2, -0.15) is 0 Å². The Morgan fingerprint density at radius 3 is 2.18 bits per heavy atom. The van der Waals surface area contributed by atoms with E-state index in [1.54, 1.807) is 39.2 Å². The molecule has 4 rings (SSSR count). The van der Waals surface area contributed by atoms with Gasteiger partial charge in [0.2, 0.25) is 0 Å². The van der Waals surface area contributed by atoms with E-state index in [2.05, 4.69) is 44.2 Å². The van der Waals surface area contributed by atoms with Crippen molar-refractivity contribution in [2.75, 3.05) is 0 Å². The first-order chi connectivity index (χ1) is 18.1. The van der Waals surface area contributed by atoms with Gasteiger partial charge in [-0.3, -0.25) is 4.98 Å². The molecule has 1 N–H and O–H groups in total. The highest BCUT2D eigenvalue weighted by molar-refractivity contribution is 6.74. The maximum Gasteiger partial charge on any atom is 0.192 e. The van der Waals surface area contributed by atoms with Crippen LogP contribution in [0.15, 0.2) is 36.7 Å². The SMILES string of the molecule is CC(C)(C)c1c(F)cc(OC2CC(NCc3c(F)cc(CO[Si](C)(C)C(C)(C)C)c4cnccc34)C2)cc1F. The van der Waals surface area contributed by atoms with Crippen molar-refractivity contribution in [2.24, 2.45) is 0 Å². The fraction of sp³-hybridized carbons (Fsp3) is 0.516. The van der Waals surface area contributed by atoms with Gasteiger partial charge in [0.1, 0.15) is 29.3 Å². The van der Waals surface area contributed by atoms with Crippen molar-refractivity contribution in [3.05, 3.63) is 70.8 Å². The fourth-order valence-corrected chi connectivity index (χ4v) is 5.68. The Kier molecular flexibility index (Phi) is 8.23. The van der Waals surface area contributed by atoms with Crippen LogP contribution in [-0.2, 0) is 23.0 Å². The zero-order valence-corrected chi connectivity index (χ0v) is 25.3. The van der Waals surface area contributed by atoms with Crippen LogP contribution in [0.1, 0.15) is 71.1 Å². The summed E-state index contributed by atoms with van der Waals surface area (Å²) < 4.78 is 56.7. The number of halogens is 3. The van der Waals surface area contributed by atoms with Crippen molar-refractivity contribution >= 4 is 19.1 Å².